The zero-order valence-corrected chi connectivity index (χ0v) is 11.9. The van der Waals surface area contributed by atoms with E-state index in [1.165, 1.54) is 12.8 Å². The summed E-state index contributed by atoms with van der Waals surface area (Å²) in [5, 5.41) is 1.14. The standard InChI is InChI=1S/C14H16BrN3/c1-9-3-2-6-18(9)14-11-7-10(15)4-5-13(11)17-8-12(14)16/h4-5,7-9H,2-3,6,16H2,1H3. The van der Waals surface area contributed by atoms with Crippen LogP contribution < -0.4 is 10.6 Å². The predicted molar refractivity (Wildman–Crippen MR) is 79.9 cm³/mol. The molecule has 0 bridgehead atoms. The SMILES string of the molecule is CC1CCCN1c1c(N)cnc2ccc(Br)cc12. The number of nitrogens with zero attached hydrogens (tertiary/aromatic N) is 2. The number of halogens is 1. The topological polar surface area (TPSA) is 42.1 Å². The van der Waals surface area contributed by atoms with Crippen molar-refractivity contribution in [2.45, 2.75) is 25.8 Å². The number of fused-ring (bicyclic) bond motifs is 1. The van der Waals surface area contributed by atoms with Gasteiger partial charge in [0.2, 0.25) is 0 Å². The lowest BCUT2D eigenvalue weighted by atomic mass is 10.1. The quantitative estimate of drug-likeness (QED) is 0.876. The fourth-order valence-corrected chi connectivity index (χ4v) is 3.11. The summed E-state index contributed by atoms with van der Waals surface area (Å²) in [5.74, 6) is 0. The van der Waals surface area contributed by atoms with E-state index in [0.29, 0.717) is 6.04 Å². The molecule has 1 aliphatic heterocycles. The molecule has 3 rings (SSSR count). The molecule has 1 aliphatic rings. The lowest BCUT2D eigenvalue weighted by Crippen LogP contribution is -2.27. The van der Waals surface area contributed by atoms with Gasteiger partial charge in [-0.25, -0.2) is 0 Å². The van der Waals surface area contributed by atoms with Crippen molar-refractivity contribution in [3.63, 3.8) is 0 Å². The summed E-state index contributed by atoms with van der Waals surface area (Å²) in [5.41, 5.74) is 9.08. The zero-order valence-electron chi connectivity index (χ0n) is 10.4. The monoisotopic (exact) mass is 305 g/mol. The molecule has 1 atom stereocenters. The van der Waals surface area contributed by atoms with Crippen LogP contribution in [0.1, 0.15) is 19.8 Å². The molecule has 1 saturated heterocycles. The first-order chi connectivity index (χ1) is 8.66. The number of hydrogen-bond acceptors (Lipinski definition) is 3. The van der Waals surface area contributed by atoms with Gasteiger partial charge in [0.05, 0.1) is 23.1 Å². The lowest BCUT2D eigenvalue weighted by molar-refractivity contribution is 0.737. The molecule has 1 aromatic carbocycles. The van der Waals surface area contributed by atoms with Crippen LogP contribution in [0.3, 0.4) is 0 Å². The molecule has 0 saturated carbocycles. The second-order valence-electron chi connectivity index (χ2n) is 4.91. The third-order valence-corrected chi connectivity index (χ3v) is 4.16. The van der Waals surface area contributed by atoms with Crippen LogP contribution in [-0.4, -0.2) is 17.6 Å². The van der Waals surface area contributed by atoms with E-state index in [1.807, 2.05) is 12.1 Å². The summed E-state index contributed by atoms with van der Waals surface area (Å²) >= 11 is 3.53. The minimum Gasteiger partial charge on any atom is -0.396 e. The molecule has 0 radical (unpaired) electrons. The van der Waals surface area contributed by atoms with E-state index in [-0.39, 0.29) is 0 Å². The van der Waals surface area contributed by atoms with Crippen molar-refractivity contribution < 1.29 is 0 Å². The Bertz CT molecular complexity index is 592. The molecule has 1 fully saturated rings. The van der Waals surface area contributed by atoms with Gasteiger partial charge in [-0.05, 0) is 38.0 Å². The highest BCUT2D eigenvalue weighted by Gasteiger charge is 2.24. The summed E-state index contributed by atoms with van der Waals surface area (Å²) < 4.78 is 1.07. The van der Waals surface area contributed by atoms with E-state index in [0.717, 1.165) is 33.3 Å². The Balaban J connectivity index is 2.25. The van der Waals surface area contributed by atoms with Crippen LogP contribution in [0.15, 0.2) is 28.9 Å². The number of aromatic nitrogens is 1. The van der Waals surface area contributed by atoms with Crippen molar-refractivity contribution in [1.29, 1.82) is 0 Å². The van der Waals surface area contributed by atoms with Gasteiger partial charge in [0.25, 0.3) is 0 Å². The maximum atomic E-state index is 6.16. The van der Waals surface area contributed by atoms with Crippen molar-refractivity contribution in [2.24, 2.45) is 0 Å². The summed E-state index contributed by atoms with van der Waals surface area (Å²) in [6, 6.07) is 6.71. The van der Waals surface area contributed by atoms with Crippen LogP contribution in [0, 0.1) is 0 Å². The number of hydrogen-bond donors (Lipinski definition) is 1. The smallest absolute Gasteiger partial charge is 0.0745 e. The largest absolute Gasteiger partial charge is 0.396 e. The molecule has 1 aromatic heterocycles. The molecule has 3 nitrogen and oxygen atoms in total. The maximum Gasteiger partial charge on any atom is 0.0745 e. The summed E-state index contributed by atoms with van der Waals surface area (Å²) in [7, 11) is 0. The van der Waals surface area contributed by atoms with Crippen LogP contribution in [0.4, 0.5) is 11.4 Å². The lowest BCUT2D eigenvalue weighted by Gasteiger charge is -2.26. The Labute approximate surface area is 115 Å². The Morgan fingerprint density at radius 1 is 1.44 bits per heavy atom. The molecule has 18 heavy (non-hydrogen) atoms. The number of benzene rings is 1. The maximum absolute atomic E-state index is 6.16. The van der Waals surface area contributed by atoms with Gasteiger partial charge in [0, 0.05) is 22.4 Å². The van der Waals surface area contributed by atoms with Crippen LogP contribution in [0.5, 0.6) is 0 Å². The Morgan fingerprint density at radius 2 is 2.28 bits per heavy atom. The van der Waals surface area contributed by atoms with Crippen molar-refractivity contribution in [1.82, 2.24) is 4.98 Å². The molecular weight excluding hydrogens is 290 g/mol. The zero-order chi connectivity index (χ0) is 12.7. The molecule has 0 amide bonds. The van der Waals surface area contributed by atoms with E-state index < -0.39 is 0 Å². The Morgan fingerprint density at radius 3 is 3.00 bits per heavy atom. The Kier molecular flexibility index (Phi) is 2.90. The molecule has 0 spiro atoms. The number of pyridine rings is 1. The third kappa shape index (κ3) is 1.85. The first-order valence-electron chi connectivity index (χ1n) is 6.27. The van der Waals surface area contributed by atoms with Gasteiger partial charge in [0.1, 0.15) is 0 Å². The second kappa shape index (κ2) is 4.43. The molecule has 2 heterocycles. The van der Waals surface area contributed by atoms with Gasteiger partial charge in [-0.15, -0.1) is 0 Å². The van der Waals surface area contributed by atoms with E-state index in [4.69, 9.17) is 5.73 Å². The van der Waals surface area contributed by atoms with E-state index in [2.05, 4.69) is 38.8 Å². The number of nitrogens with two attached hydrogens (primary N) is 1. The van der Waals surface area contributed by atoms with Gasteiger partial charge < -0.3 is 10.6 Å². The average molecular weight is 306 g/mol. The average Bonchev–Trinajstić information content (AvgIpc) is 2.75. The number of anilines is 2. The summed E-state index contributed by atoms with van der Waals surface area (Å²) in [4.78, 5) is 6.81. The van der Waals surface area contributed by atoms with Gasteiger partial charge >= 0.3 is 0 Å². The van der Waals surface area contributed by atoms with Crippen molar-refractivity contribution in [3.05, 3.63) is 28.9 Å². The number of nitrogen functional groups attached to an aromatic ring is 1. The van der Waals surface area contributed by atoms with Gasteiger partial charge in [-0.1, -0.05) is 15.9 Å². The van der Waals surface area contributed by atoms with Gasteiger partial charge in [0.15, 0.2) is 0 Å². The van der Waals surface area contributed by atoms with Crippen LogP contribution in [0.2, 0.25) is 0 Å². The normalized spacial score (nSPS) is 19.7. The highest BCUT2D eigenvalue weighted by molar-refractivity contribution is 9.10. The van der Waals surface area contributed by atoms with Crippen LogP contribution >= 0.6 is 15.9 Å². The number of rotatable bonds is 1. The second-order valence-corrected chi connectivity index (χ2v) is 5.82. The summed E-state index contributed by atoms with van der Waals surface area (Å²) in [6.45, 7) is 3.34. The van der Waals surface area contributed by atoms with Gasteiger partial charge in [-0.3, -0.25) is 4.98 Å². The van der Waals surface area contributed by atoms with E-state index in [1.54, 1.807) is 6.20 Å². The molecule has 2 aromatic rings. The Hall–Kier alpha value is -1.29. The van der Waals surface area contributed by atoms with Crippen LogP contribution in [-0.2, 0) is 0 Å². The summed E-state index contributed by atoms with van der Waals surface area (Å²) in [6.07, 6.45) is 4.24. The fraction of sp³-hybridized carbons (Fsp3) is 0.357. The molecule has 94 valence electrons. The molecule has 0 aliphatic carbocycles. The van der Waals surface area contributed by atoms with Crippen molar-refractivity contribution in [2.75, 3.05) is 17.2 Å². The molecular formula is C14H16BrN3. The van der Waals surface area contributed by atoms with Crippen molar-refractivity contribution in [3.8, 4) is 0 Å². The highest BCUT2D eigenvalue weighted by Crippen LogP contribution is 2.36. The predicted octanol–water partition coefficient (Wildman–Crippen LogP) is 3.57. The minimum absolute atomic E-state index is 0.553. The third-order valence-electron chi connectivity index (χ3n) is 3.67. The van der Waals surface area contributed by atoms with Crippen LogP contribution in [0.25, 0.3) is 10.9 Å². The fourth-order valence-electron chi connectivity index (χ4n) is 2.75. The molecule has 2 N–H and O–H groups in total. The first kappa shape index (κ1) is 11.8. The molecule has 1 unspecified atom stereocenters. The minimum atomic E-state index is 0.553. The van der Waals surface area contributed by atoms with E-state index >= 15 is 0 Å². The molecule has 4 heteroatoms. The highest BCUT2D eigenvalue weighted by atomic mass is 79.9. The van der Waals surface area contributed by atoms with Crippen molar-refractivity contribution >= 4 is 38.2 Å². The van der Waals surface area contributed by atoms with E-state index in [9.17, 15) is 0 Å². The first-order valence-corrected chi connectivity index (χ1v) is 7.06. The van der Waals surface area contributed by atoms with Gasteiger partial charge in [-0.2, -0.15) is 0 Å².